The first-order chi connectivity index (χ1) is 16.1. The summed E-state index contributed by atoms with van der Waals surface area (Å²) in [4.78, 5) is 30.1. The molecule has 0 spiro atoms. The molecule has 0 aliphatic rings. The molecule has 0 aliphatic heterocycles. The van der Waals surface area contributed by atoms with Crippen molar-refractivity contribution in [3.63, 3.8) is 0 Å². The minimum atomic E-state index is -0.492. The second-order valence-electron chi connectivity index (χ2n) is 7.04. The van der Waals surface area contributed by atoms with Crippen molar-refractivity contribution in [2.45, 2.75) is 10.9 Å². The molecule has 0 N–H and O–H groups in total. The van der Waals surface area contributed by atoms with Gasteiger partial charge in [-0.15, -0.1) is 0 Å². The summed E-state index contributed by atoms with van der Waals surface area (Å²) in [7, 11) is 1.31. The molecule has 0 bridgehead atoms. The lowest BCUT2D eigenvalue weighted by Gasteiger charge is -2.13. The van der Waals surface area contributed by atoms with Crippen molar-refractivity contribution in [3.05, 3.63) is 94.6 Å². The molecule has 0 saturated carbocycles. The number of ether oxygens (including phenoxy) is 1. The number of rotatable bonds is 6. The number of thioether (sulfide) groups is 1. The maximum absolute atomic E-state index is 13.4. The Morgan fingerprint density at radius 3 is 2.67 bits per heavy atom. The van der Waals surface area contributed by atoms with Gasteiger partial charge in [-0.2, -0.15) is 0 Å². The third-order valence-electron chi connectivity index (χ3n) is 4.95. The first kappa shape index (κ1) is 20.8. The number of hydrogen-bond acceptors (Lipinski definition) is 8. The number of fused-ring (bicyclic) bond motifs is 1. The zero-order valence-corrected chi connectivity index (χ0v) is 18.2. The number of para-hydroxylation sites is 1. The Bertz CT molecular complexity index is 1490. The minimum Gasteiger partial charge on any atom is -0.465 e. The van der Waals surface area contributed by atoms with E-state index in [1.54, 1.807) is 47.2 Å². The summed E-state index contributed by atoms with van der Waals surface area (Å²) in [5.74, 6) is 1.02. The Labute approximate surface area is 191 Å². The van der Waals surface area contributed by atoms with Crippen LogP contribution in [0.3, 0.4) is 0 Å². The van der Waals surface area contributed by atoms with Crippen LogP contribution in [0, 0.1) is 0 Å². The van der Waals surface area contributed by atoms with Gasteiger partial charge in [-0.1, -0.05) is 35.1 Å². The van der Waals surface area contributed by atoms with Crippen LogP contribution in [0.15, 0.2) is 91.9 Å². The van der Waals surface area contributed by atoms with Gasteiger partial charge in [0, 0.05) is 11.8 Å². The molecule has 5 aromatic rings. The Hall–Kier alpha value is -4.11. The van der Waals surface area contributed by atoms with Crippen molar-refractivity contribution in [2.75, 3.05) is 7.11 Å². The summed E-state index contributed by atoms with van der Waals surface area (Å²) in [6.45, 7) is 0. The van der Waals surface area contributed by atoms with Crippen LogP contribution in [0.2, 0.25) is 0 Å². The fourth-order valence-corrected chi connectivity index (χ4v) is 4.26. The second-order valence-corrected chi connectivity index (χ2v) is 7.98. The second kappa shape index (κ2) is 8.79. The number of furan rings is 1. The van der Waals surface area contributed by atoms with Crippen molar-refractivity contribution in [1.82, 2.24) is 14.7 Å². The molecule has 33 heavy (non-hydrogen) atoms. The fourth-order valence-electron chi connectivity index (χ4n) is 3.36. The zero-order valence-electron chi connectivity index (χ0n) is 17.4. The first-order valence-corrected chi connectivity index (χ1v) is 11.0. The molecule has 0 unspecified atom stereocenters. The van der Waals surface area contributed by atoms with Crippen LogP contribution in [-0.2, 0) is 10.5 Å². The standard InChI is InChI=1S/C24H17N3O5S/c1-30-23(29)15-9-10-18-19(12-15)25-24(27(22(18)28)17-6-3-2-4-7-17)33-14-16-13-21(32-26-16)20-8-5-11-31-20/h2-13H,14H2,1H3. The van der Waals surface area contributed by atoms with E-state index in [0.29, 0.717) is 50.3 Å². The van der Waals surface area contributed by atoms with Gasteiger partial charge in [-0.25, -0.2) is 9.78 Å². The van der Waals surface area contributed by atoms with E-state index in [9.17, 15) is 9.59 Å². The third-order valence-corrected chi connectivity index (χ3v) is 5.92. The molecule has 3 aromatic heterocycles. The molecule has 8 nitrogen and oxygen atoms in total. The van der Waals surface area contributed by atoms with E-state index in [1.807, 2.05) is 30.3 Å². The minimum absolute atomic E-state index is 0.235. The maximum Gasteiger partial charge on any atom is 0.337 e. The summed E-state index contributed by atoms with van der Waals surface area (Å²) in [5, 5.41) is 4.95. The molecule has 0 radical (unpaired) electrons. The van der Waals surface area contributed by atoms with E-state index in [4.69, 9.17) is 18.7 Å². The normalized spacial score (nSPS) is 11.1. The van der Waals surface area contributed by atoms with Gasteiger partial charge in [0.15, 0.2) is 10.9 Å². The smallest absolute Gasteiger partial charge is 0.337 e. The maximum atomic E-state index is 13.4. The number of aromatic nitrogens is 3. The van der Waals surface area contributed by atoms with E-state index < -0.39 is 5.97 Å². The molecule has 0 saturated heterocycles. The number of esters is 1. The molecule has 0 atom stereocenters. The Morgan fingerprint density at radius 1 is 1.06 bits per heavy atom. The van der Waals surface area contributed by atoms with E-state index in [-0.39, 0.29) is 5.56 Å². The van der Waals surface area contributed by atoms with Crippen LogP contribution < -0.4 is 5.56 Å². The number of carbonyl (C=O) groups is 1. The summed E-state index contributed by atoms with van der Waals surface area (Å²) in [6.07, 6.45) is 1.56. The number of hydrogen-bond donors (Lipinski definition) is 0. The molecule has 9 heteroatoms. The van der Waals surface area contributed by atoms with E-state index in [0.717, 1.165) is 0 Å². The monoisotopic (exact) mass is 459 g/mol. The van der Waals surface area contributed by atoms with Crippen LogP contribution >= 0.6 is 11.8 Å². The predicted molar refractivity (Wildman–Crippen MR) is 122 cm³/mol. The fraction of sp³-hybridized carbons (Fsp3) is 0.0833. The molecular weight excluding hydrogens is 442 g/mol. The van der Waals surface area contributed by atoms with Crippen molar-refractivity contribution in [1.29, 1.82) is 0 Å². The highest BCUT2D eigenvalue weighted by atomic mass is 32.2. The van der Waals surface area contributed by atoms with E-state index >= 15 is 0 Å². The van der Waals surface area contributed by atoms with Crippen molar-refractivity contribution < 1.29 is 18.5 Å². The van der Waals surface area contributed by atoms with Gasteiger partial charge in [-0.05, 0) is 42.5 Å². The molecule has 0 fully saturated rings. The van der Waals surface area contributed by atoms with Crippen LogP contribution in [0.4, 0.5) is 0 Å². The molecule has 0 aliphatic carbocycles. The highest BCUT2D eigenvalue weighted by molar-refractivity contribution is 7.98. The summed E-state index contributed by atoms with van der Waals surface area (Å²) in [6, 6.07) is 19.3. The van der Waals surface area contributed by atoms with Crippen molar-refractivity contribution in [2.24, 2.45) is 0 Å². The van der Waals surface area contributed by atoms with Crippen molar-refractivity contribution >= 4 is 28.6 Å². The van der Waals surface area contributed by atoms with Gasteiger partial charge in [-0.3, -0.25) is 9.36 Å². The van der Waals surface area contributed by atoms with Crippen LogP contribution in [0.25, 0.3) is 28.1 Å². The van der Waals surface area contributed by atoms with Crippen LogP contribution in [-0.4, -0.2) is 27.8 Å². The average molecular weight is 459 g/mol. The number of nitrogens with zero attached hydrogens (tertiary/aromatic N) is 3. The van der Waals surface area contributed by atoms with Gasteiger partial charge in [0.1, 0.15) is 0 Å². The average Bonchev–Trinajstić information content (AvgIpc) is 3.54. The molecule has 0 amide bonds. The molecule has 2 aromatic carbocycles. The van der Waals surface area contributed by atoms with E-state index in [1.165, 1.54) is 18.9 Å². The van der Waals surface area contributed by atoms with Gasteiger partial charge >= 0.3 is 5.97 Å². The number of benzene rings is 2. The Balaban J connectivity index is 1.56. The topological polar surface area (TPSA) is 100 Å². The summed E-state index contributed by atoms with van der Waals surface area (Å²) < 4.78 is 17.1. The molecule has 5 rings (SSSR count). The third kappa shape index (κ3) is 4.06. The first-order valence-electron chi connectivity index (χ1n) is 9.97. The lowest BCUT2D eigenvalue weighted by Crippen LogP contribution is -2.22. The lowest BCUT2D eigenvalue weighted by molar-refractivity contribution is 0.0601. The number of carbonyl (C=O) groups excluding carboxylic acids is 1. The van der Waals surface area contributed by atoms with Crippen molar-refractivity contribution in [3.8, 4) is 17.2 Å². The molecule has 3 heterocycles. The SMILES string of the molecule is COC(=O)c1ccc2c(=O)n(-c3ccccc3)c(SCc3cc(-c4ccco4)on3)nc2c1. The Kier molecular flexibility index (Phi) is 5.54. The highest BCUT2D eigenvalue weighted by Crippen LogP contribution is 2.27. The summed E-state index contributed by atoms with van der Waals surface area (Å²) >= 11 is 1.34. The van der Waals surface area contributed by atoms with Gasteiger partial charge in [0.25, 0.3) is 5.56 Å². The molecule has 164 valence electrons. The zero-order chi connectivity index (χ0) is 22.8. The highest BCUT2D eigenvalue weighted by Gasteiger charge is 2.17. The lowest BCUT2D eigenvalue weighted by atomic mass is 10.1. The van der Waals surface area contributed by atoms with Gasteiger partial charge in [0.05, 0.1) is 41.2 Å². The Morgan fingerprint density at radius 2 is 1.91 bits per heavy atom. The van der Waals surface area contributed by atoms with Crippen LogP contribution in [0.5, 0.6) is 0 Å². The predicted octanol–water partition coefficient (Wildman–Crippen LogP) is 4.71. The van der Waals surface area contributed by atoms with E-state index in [2.05, 4.69) is 5.16 Å². The summed E-state index contributed by atoms with van der Waals surface area (Å²) in [5.41, 5.74) is 1.86. The van der Waals surface area contributed by atoms with Gasteiger partial charge in [0.2, 0.25) is 5.76 Å². The van der Waals surface area contributed by atoms with Crippen LogP contribution in [0.1, 0.15) is 16.1 Å². The largest absolute Gasteiger partial charge is 0.465 e. The quantitative estimate of drug-likeness (QED) is 0.204. The van der Waals surface area contributed by atoms with Gasteiger partial charge < -0.3 is 13.7 Å². The molecular formula is C24H17N3O5S. The number of methoxy groups -OCH3 is 1.